The molecule has 20 heavy (non-hydrogen) atoms. The van der Waals surface area contributed by atoms with Gasteiger partial charge in [-0.05, 0) is 64.5 Å². The number of hydrogen-bond acceptors (Lipinski definition) is 2. The second-order valence-corrected chi connectivity index (χ2v) is 5.33. The van der Waals surface area contributed by atoms with Crippen LogP contribution in [0, 0.1) is 17.5 Å². The molecule has 0 unspecified atom stereocenters. The first-order valence-electron chi connectivity index (χ1n) is 6.96. The predicted molar refractivity (Wildman–Crippen MR) is 75.0 cm³/mol. The van der Waals surface area contributed by atoms with E-state index in [1.54, 1.807) is 0 Å². The Morgan fingerprint density at radius 2 is 1.70 bits per heavy atom. The Morgan fingerprint density at radius 1 is 1.10 bits per heavy atom. The van der Waals surface area contributed by atoms with Crippen molar-refractivity contribution in [3.63, 3.8) is 0 Å². The molecule has 5 heteroatoms. The van der Waals surface area contributed by atoms with E-state index in [0.717, 1.165) is 38.1 Å². The second kappa shape index (κ2) is 8.27. The normalized spacial score (nSPS) is 11.6. The van der Waals surface area contributed by atoms with E-state index < -0.39 is 17.5 Å². The molecule has 1 aromatic carbocycles. The summed E-state index contributed by atoms with van der Waals surface area (Å²) < 4.78 is 38.7. The molecule has 114 valence electrons. The van der Waals surface area contributed by atoms with Crippen molar-refractivity contribution >= 4 is 0 Å². The second-order valence-electron chi connectivity index (χ2n) is 5.33. The van der Waals surface area contributed by atoms with Gasteiger partial charge in [0.15, 0.2) is 17.5 Å². The summed E-state index contributed by atoms with van der Waals surface area (Å²) in [6, 6.07) is 2.59. The molecule has 0 saturated heterocycles. The third-order valence-corrected chi connectivity index (χ3v) is 3.37. The van der Waals surface area contributed by atoms with E-state index in [0.29, 0.717) is 18.2 Å². The molecular weight excluding hydrogens is 265 g/mol. The van der Waals surface area contributed by atoms with Crippen LogP contribution in [0.5, 0.6) is 0 Å². The lowest BCUT2D eigenvalue weighted by atomic mass is 10.2. The summed E-state index contributed by atoms with van der Waals surface area (Å²) in [6.45, 7) is 6.44. The van der Waals surface area contributed by atoms with E-state index >= 15 is 0 Å². The zero-order valence-electron chi connectivity index (χ0n) is 12.3. The molecular formula is C15H23F3N2. The largest absolute Gasteiger partial charge is 0.313 e. The van der Waals surface area contributed by atoms with Crippen LogP contribution in [0.2, 0.25) is 0 Å². The van der Waals surface area contributed by atoms with Crippen molar-refractivity contribution in [1.29, 1.82) is 0 Å². The van der Waals surface area contributed by atoms with Gasteiger partial charge in [-0.15, -0.1) is 0 Å². The van der Waals surface area contributed by atoms with E-state index in [4.69, 9.17) is 0 Å². The summed E-state index contributed by atoms with van der Waals surface area (Å²) in [5.41, 5.74) is 0.417. The Bertz CT molecular complexity index is 399. The first-order valence-corrected chi connectivity index (χ1v) is 6.96. The smallest absolute Gasteiger partial charge is 0.194 e. The van der Waals surface area contributed by atoms with Gasteiger partial charge in [-0.2, -0.15) is 0 Å². The number of nitrogens with one attached hydrogen (secondary N) is 1. The summed E-state index contributed by atoms with van der Waals surface area (Å²) in [4.78, 5) is 2.27. The zero-order chi connectivity index (χ0) is 15.1. The fraction of sp³-hybridized carbons (Fsp3) is 0.600. The molecule has 1 N–H and O–H groups in total. The Morgan fingerprint density at radius 3 is 2.25 bits per heavy atom. The fourth-order valence-electron chi connectivity index (χ4n) is 1.81. The Balaban J connectivity index is 2.22. The molecule has 0 amide bonds. The predicted octanol–water partition coefficient (Wildman–Crippen LogP) is 3.31. The highest BCUT2D eigenvalue weighted by Gasteiger charge is 2.10. The van der Waals surface area contributed by atoms with Gasteiger partial charge in [0.1, 0.15) is 0 Å². The topological polar surface area (TPSA) is 15.3 Å². The molecule has 0 heterocycles. The zero-order valence-corrected chi connectivity index (χ0v) is 12.3. The average Bonchev–Trinajstić information content (AvgIpc) is 2.39. The molecule has 0 aliphatic heterocycles. The van der Waals surface area contributed by atoms with Crippen molar-refractivity contribution < 1.29 is 13.2 Å². The summed E-state index contributed by atoms with van der Waals surface area (Å²) in [5, 5.41) is 3.10. The van der Waals surface area contributed by atoms with Gasteiger partial charge in [-0.25, -0.2) is 13.2 Å². The van der Waals surface area contributed by atoms with Crippen molar-refractivity contribution in [2.75, 3.05) is 20.1 Å². The van der Waals surface area contributed by atoms with Crippen LogP contribution in [0.3, 0.4) is 0 Å². The fourth-order valence-corrected chi connectivity index (χ4v) is 1.81. The van der Waals surface area contributed by atoms with Gasteiger partial charge in [-0.3, -0.25) is 0 Å². The van der Waals surface area contributed by atoms with Crippen LogP contribution in [0.25, 0.3) is 0 Å². The first kappa shape index (κ1) is 17.0. The summed E-state index contributed by atoms with van der Waals surface area (Å²) >= 11 is 0. The Labute approximate surface area is 119 Å². The molecule has 1 rings (SSSR count). The van der Waals surface area contributed by atoms with Crippen molar-refractivity contribution in [3.05, 3.63) is 35.1 Å². The molecule has 2 nitrogen and oxygen atoms in total. The molecule has 0 aliphatic rings. The quantitative estimate of drug-likeness (QED) is 0.583. The first-order chi connectivity index (χ1) is 9.41. The highest BCUT2D eigenvalue weighted by molar-refractivity contribution is 5.19. The maximum absolute atomic E-state index is 13.0. The van der Waals surface area contributed by atoms with Crippen LogP contribution < -0.4 is 5.32 Å². The molecule has 0 atom stereocenters. The Kier molecular flexibility index (Phi) is 7.02. The van der Waals surface area contributed by atoms with Gasteiger partial charge in [0.2, 0.25) is 0 Å². The van der Waals surface area contributed by atoms with E-state index in [1.807, 2.05) is 0 Å². The molecule has 0 saturated carbocycles. The number of rotatable bonds is 8. The van der Waals surface area contributed by atoms with E-state index in [1.165, 1.54) is 0 Å². The molecule has 0 aliphatic carbocycles. The lowest BCUT2D eigenvalue weighted by Gasteiger charge is -2.20. The molecule has 0 fully saturated rings. The highest BCUT2D eigenvalue weighted by atomic mass is 19.2. The van der Waals surface area contributed by atoms with Gasteiger partial charge >= 0.3 is 0 Å². The van der Waals surface area contributed by atoms with Crippen molar-refractivity contribution in [3.8, 4) is 0 Å². The molecule has 0 spiro atoms. The van der Waals surface area contributed by atoms with Gasteiger partial charge in [-0.1, -0.05) is 0 Å². The monoisotopic (exact) mass is 288 g/mol. The summed E-state index contributed by atoms with van der Waals surface area (Å²) in [5.74, 6) is -3.69. The number of benzene rings is 1. The standard InChI is InChI=1S/C15H23F3N2/c1-11(2)20(3)7-5-4-6-19-10-12-8-13(16)15(18)14(17)9-12/h8-9,11,19H,4-7,10H2,1-3H3. The lowest BCUT2D eigenvalue weighted by Crippen LogP contribution is -2.27. The minimum absolute atomic E-state index is 0.341. The Hall–Kier alpha value is -1.07. The minimum Gasteiger partial charge on any atom is -0.313 e. The van der Waals surface area contributed by atoms with Crippen LogP contribution in [-0.2, 0) is 6.54 Å². The average molecular weight is 288 g/mol. The van der Waals surface area contributed by atoms with E-state index in [-0.39, 0.29) is 0 Å². The van der Waals surface area contributed by atoms with Gasteiger partial charge in [0.25, 0.3) is 0 Å². The van der Waals surface area contributed by atoms with Gasteiger partial charge in [0.05, 0.1) is 0 Å². The highest BCUT2D eigenvalue weighted by Crippen LogP contribution is 2.13. The van der Waals surface area contributed by atoms with Crippen molar-refractivity contribution in [1.82, 2.24) is 10.2 Å². The third-order valence-electron chi connectivity index (χ3n) is 3.37. The summed E-state index contributed by atoms with van der Waals surface area (Å²) in [6.07, 6.45) is 2.05. The van der Waals surface area contributed by atoms with E-state index in [2.05, 4.69) is 31.1 Å². The van der Waals surface area contributed by atoms with Gasteiger partial charge < -0.3 is 10.2 Å². The lowest BCUT2D eigenvalue weighted by molar-refractivity contribution is 0.268. The van der Waals surface area contributed by atoms with Crippen LogP contribution in [0.1, 0.15) is 32.3 Å². The molecule has 1 aromatic rings. The van der Waals surface area contributed by atoms with Crippen LogP contribution in [-0.4, -0.2) is 31.1 Å². The number of unbranched alkanes of at least 4 members (excludes halogenated alkanes) is 1. The van der Waals surface area contributed by atoms with Gasteiger partial charge in [0, 0.05) is 12.6 Å². The van der Waals surface area contributed by atoms with E-state index in [9.17, 15) is 13.2 Å². The molecule has 0 radical (unpaired) electrons. The third kappa shape index (κ3) is 5.51. The van der Waals surface area contributed by atoms with Crippen LogP contribution in [0.15, 0.2) is 12.1 Å². The number of halogens is 3. The van der Waals surface area contributed by atoms with Crippen LogP contribution >= 0.6 is 0 Å². The minimum atomic E-state index is -1.41. The number of hydrogen-bond donors (Lipinski definition) is 1. The molecule has 0 aromatic heterocycles. The maximum Gasteiger partial charge on any atom is 0.194 e. The SMILES string of the molecule is CC(C)N(C)CCCCNCc1cc(F)c(F)c(F)c1. The van der Waals surface area contributed by atoms with Crippen molar-refractivity contribution in [2.45, 2.75) is 39.3 Å². The van der Waals surface area contributed by atoms with Crippen molar-refractivity contribution in [2.24, 2.45) is 0 Å². The summed E-state index contributed by atoms with van der Waals surface area (Å²) in [7, 11) is 2.09. The molecule has 0 bridgehead atoms. The number of nitrogens with zero attached hydrogens (tertiary/aromatic N) is 1. The van der Waals surface area contributed by atoms with Crippen LogP contribution in [0.4, 0.5) is 13.2 Å². The maximum atomic E-state index is 13.0.